The van der Waals surface area contributed by atoms with E-state index in [-0.39, 0.29) is 5.97 Å². The summed E-state index contributed by atoms with van der Waals surface area (Å²) in [5.41, 5.74) is 2.62. The SMILES string of the molecule is CN=Cc1ccc2c(c1)COC2=O. The highest BCUT2D eigenvalue weighted by molar-refractivity contribution is 5.94. The third kappa shape index (κ3) is 1.33. The van der Waals surface area contributed by atoms with Crippen molar-refractivity contribution in [3.8, 4) is 0 Å². The normalized spacial score (nSPS) is 14.7. The van der Waals surface area contributed by atoms with Crippen LogP contribution < -0.4 is 0 Å². The molecule has 0 N–H and O–H groups in total. The van der Waals surface area contributed by atoms with Gasteiger partial charge >= 0.3 is 5.97 Å². The molecule has 66 valence electrons. The topological polar surface area (TPSA) is 38.7 Å². The third-order valence-electron chi connectivity index (χ3n) is 1.99. The van der Waals surface area contributed by atoms with Crippen molar-refractivity contribution < 1.29 is 9.53 Å². The zero-order valence-corrected chi connectivity index (χ0v) is 7.28. The van der Waals surface area contributed by atoms with Gasteiger partial charge in [0.15, 0.2) is 0 Å². The number of esters is 1. The molecule has 2 rings (SSSR count). The summed E-state index contributed by atoms with van der Waals surface area (Å²) >= 11 is 0. The van der Waals surface area contributed by atoms with Gasteiger partial charge in [0.1, 0.15) is 6.61 Å². The molecule has 0 aliphatic carbocycles. The van der Waals surface area contributed by atoms with Gasteiger partial charge in [0.2, 0.25) is 0 Å². The highest BCUT2D eigenvalue weighted by atomic mass is 16.5. The molecule has 1 heterocycles. The fraction of sp³-hybridized carbons (Fsp3) is 0.200. The Labute approximate surface area is 76.1 Å². The number of carbonyl (C=O) groups is 1. The molecule has 0 spiro atoms. The molecular formula is C10H9NO2. The molecule has 0 aromatic heterocycles. The maximum atomic E-state index is 11.1. The monoisotopic (exact) mass is 175 g/mol. The van der Waals surface area contributed by atoms with Crippen molar-refractivity contribution in [3.05, 3.63) is 34.9 Å². The van der Waals surface area contributed by atoms with E-state index < -0.39 is 0 Å². The largest absolute Gasteiger partial charge is 0.457 e. The van der Waals surface area contributed by atoms with E-state index in [1.54, 1.807) is 19.3 Å². The van der Waals surface area contributed by atoms with Gasteiger partial charge in [-0.1, -0.05) is 6.07 Å². The number of ether oxygens (including phenoxy) is 1. The van der Waals surface area contributed by atoms with Crippen LogP contribution in [0.2, 0.25) is 0 Å². The van der Waals surface area contributed by atoms with Crippen molar-refractivity contribution in [1.82, 2.24) is 0 Å². The summed E-state index contributed by atoms with van der Waals surface area (Å²) in [6, 6.07) is 5.56. The van der Waals surface area contributed by atoms with Crippen LogP contribution in [0.25, 0.3) is 0 Å². The molecule has 0 amide bonds. The smallest absolute Gasteiger partial charge is 0.338 e. The summed E-state index contributed by atoms with van der Waals surface area (Å²) in [6.45, 7) is 0.388. The molecule has 1 aliphatic rings. The van der Waals surface area contributed by atoms with Crippen molar-refractivity contribution in [2.24, 2.45) is 4.99 Å². The molecule has 3 heteroatoms. The number of hydrogen-bond donors (Lipinski definition) is 0. The van der Waals surface area contributed by atoms with E-state index >= 15 is 0 Å². The molecule has 1 aromatic carbocycles. The van der Waals surface area contributed by atoms with E-state index in [1.807, 2.05) is 12.1 Å². The number of rotatable bonds is 1. The zero-order chi connectivity index (χ0) is 9.26. The van der Waals surface area contributed by atoms with Crippen LogP contribution in [0.5, 0.6) is 0 Å². The Morgan fingerprint density at radius 3 is 3.15 bits per heavy atom. The number of benzene rings is 1. The first kappa shape index (κ1) is 7.98. The van der Waals surface area contributed by atoms with Crippen LogP contribution in [0.4, 0.5) is 0 Å². The summed E-state index contributed by atoms with van der Waals surface area (Å²) in [7, 11) is 1.72. The van der Waals surface area contributed by atoms with E-state index in [9.17, 15) is 4.79 Å². The molecule has 0 saturated heterocycles. The van der Waals surface area contributed by atoms with Gasteiger partial charge in [-0.3, -0.25) is 4.99 Å². The second-order valence-corrected chi connectivity index (χ2v) is 2.88. The van der Waals surface area contributed by atoms with Crippen molar-refractivity contribution in [3.63, 3.8) is 0 Å². The Balaban J connectivity index is 2.45. The van der Waals surface area contributed by atoms with Crippen LogP contribution in [-0.4, -0.2) is 19.2 Å². The van der Waals surface area contributed by atoms with E-state index in [0.717, 1.165) is 11.1 Å². The van der Waals surface area contributed by atoms with Crippen LogP contribution in [0.15, 0.2) is 23.2 Å². The lowest BCUT2D eigenvalue weighted by Crippen LogP contribution is -1.93. The predicted molar refractivity (Wildman–Crippen MR) is 49.1 cm³/mol. The van der Waals surface area contributed by atoms with Crippen LogP contribution in [-0.2, 0) is 11.3 Å². The van der Waals surface area contributed by atoms with E-state index in [1.165, 1.54) is 0 Å². The minimum atomic E-state index is -0.227. The molecule has 1 aromatic rings. The second-order valence-electron chi connectivity index (χ2n) is 2.88. The van der Waals surface area contributed by atoms with E-state index in [2.05, 4.69) is 4.99 Å². The van der Waals surface area contributed by atoms with Gasteiger partial charge in [-0.15, -0.1) is 0 Å². The second kappa shape index (κ2) is 3.01. The van der Waals surface area contributed by atoms with Crippen molar-refractivity contribution >= 4 is 12.2 Å². The molecule has 0 fully saturated rings. The van der Waals surface area contributed by atoms with Gasteiger partial charge in [-0.05, 0) is 17.7 Å². The maximum Gasteiger partial charge on any atom is 0.338 e. The summed E-state index contributed by atoms with van der Waals surface area (Å²) in [4.78, 5) is 15.0. The Morgan fingerprint density at radius 1 is 1.54 bits per heavy atom. The van der Waals surface area contributed by atoms with Crippen molar-refractivity contribution in [2.75, 3.05) is 7.05 Å². The van der Waals surface area contributed by atoms with Crippen LogP contribution in [0, 0.1) is 0 Å². The Kier molecular flexibility index (Phi) is 1.85. The number of aliphatic imine (C=N–C) groups is 1. The molecule has 0 saturated carbocycles. The van der Waals surface area contributed by atoms with E-state index in [0.29, 0.717) is 12.2 Å². The molecular weight excluding hydrogens is 166 g/mol. The Morgan fingerprint density at radius 2 is 2.38 bits per heavy atom. The lowest BCUT2D eigenvalue weighted by Gasteiger charge is -1.95. The van der Waals surface area contributed by atoms with Crippen molar-refractivity contribution in [2.45, 2.75) is 6.61 Å². The first-order valence-electron chi connectivity index (χ1n) is 4.03. The summed E-state index contributed by atoms with van der Waals surface area (Å²) in [5.74, 6) is -0.227. The molecule has 3 nitrogen and oxygen atoms in total. The maximum absolute atomic E-state index is 11.1. The minimum Gasteiger partial charge on any atom is -0.457 e. The van der Waals surface area contributed by atoms with E-state index in [4.69, 9.17) is 4.74 Å². The summed E-state index contributed by atoms with van der Waals surface area (Å²) in [6.07, 6.45) is 1.75. The van der Waals surface area contributed by atoms with Gasteiger partial charge in [0.05, 0.1) is 5.56 Å². The lowest BCUT2D eigenvalue weighted by molar-refractivity contribution is 0.0535. The number of hydrogen-bond acceptors (Lipinski definition) is 3. The Hall–Kier alpha value is -1.64. The first-order valence-corrected chi connectivity index (χ1v) is 4.03. The summed E-state index contributed by atoms with van der Waals surface area (Å²) < 4.78 is 4.87. The quantitative estimate of drug-likeness (QED) is 0.478. The number of nitrogens with zero attached hydrogens (tertiary/aromatic N) is 1. The standard InChI is InChI=1S/C10H9NO2/c1-11-5-7-2-3-9-8(4-7)6-13-10(9)12/h2-5H,6H2,1H3. The summed E-state index contributed by atoms with van der Waals surface area (Å²) in [5, 5.41) is 0. The van der Waals surface area contributed by atoms with Gasteiger partial charge in [-0.25, -0.2) is 4.79 Å². The van der Waals surface area contributed by atoms with Gasteiger partial charge in [0.25, 0.3) is 0 Å². The van der Waals surface area contributed by atoms with Crippen LogP contribution >= 0.6 is 0 Å². The predicted octanol–water partition coefficient (Wildman–Crippen LogP) is 1.41. The van der Waals surface area contributed by atoms with Crippen molar-refractivity contribution in [1.29, 1.82) is 0 Å². The van der Waals surface area contributed by atoms with Gasteiger partial charge in [-0.2, -0.15) is 0 Å². The molecule has 0 atom stereocenters. The molecule has 0 unspecified atom stereocenters. The fourth-order valence-corrected chi connectivity index (χ4v) is 1.38. The van der Waals surface area contributed by atoms with Gasteiger partial charge in [0, 0.05) is 18.8 Å². The average Bonchev–Trinajstić information content (AvgIpc) is 2.48. The zero-order valence-electron chi connectivity index (χ0n) is 7.28. The van der Waals surface area contributed by atoms with Crippen LogP contribution in [0.1, 0.15) is 21.5 Å². The minimum absolute atomic E-state index is 0.227. The average molecular weight is 175 g/mol. The molecule has 0 bridgehead atoms. The van der Waals surface area contributed by atoms with Gasteiger partial charge < -0.3 is 4.74 Å². The molecule has 1 aliphatic heterocycles. The highest BCUT2D eigenvalue weighted by Crippen LogP contribution is 2.20. The number of carbonyl (C=O) groups excluding carboxylic acids is 1. The van der Waals surface area contributed by atoms with Crippen LogP contribution in [0.3, 0.4) is 0 Å². The highest BCUT2D eigenvalue weighted by Gasteiger charge is 2.20. The molecule has 0 radical (unpaired) electrons. The first-order chi connectivity index (χ1) is 6.31. The third-order valence-corrected chi connectivity index (χ3v) is 1.99. The Bertz CT molecular complexity index is 383. The molecule has 13 heavy (non-hydrogen) atoms. The lowest BCUT2D eigenvalue weighted by atomic mass is 10.1. The number of fused-ring (bicyclic) bond motifs is 1. The number of cyclic esters (lactones) is 1. The fourth-order valence-electron chi connectivity index (χ4n) is 1.38.